The maximum absolute atomic E-state index is 5.82. The number of benzene rings is 1. The normalized spacial score (nSPS) is 14.9. The maximum Gasteiger partial charge on any atom is 0.140 e. The van der Waals surface area contributed by atoms with E-state index in [0.717, 1.165) is 36.0 Å². The lowest BCUT2D eigenvalue weighted by Crippen LogP contribution is -2.19. The van der Waals surface area contributed by atoms with Gasteiger partial charge in [0, 0.05) is 11.4 Å². The number of nitrogens with zero attached hydrogens (tertiary/aromatic N) is 1. The van der Waals surface area contributed by atoms with Crippen molar-refractivity contribution in [2.75, 3.05) is 13.1 Å². The Morgan fingerprint density at radius 2 is 2.05 bits per heavy atom. The molecule has 0 bridgehead atoms. The zero-order valence-corrected chi connectivity index (χ0v) is 13.3. The highest BCUT2D eigenvalue weighted by Gasteiger charge is 2.07. The van der Waals surface area contributed by atoms with Crippen molar-refractivity contribution in [3.8, 4) is 5.75 Å². The van der Waals surface area contributed by atoms with Crippen LogP contribution in [0.4, 0.5) is 0 Å². The molecule has 3 rings (SSSR count). The molecular formula is C17H20N2OS. The number of ether oxygens (including phenoxy) is 1. The summed E-state index contributed by atoms with van der Waals surface area (Å²) in [5.41, 5.74) is 3.82. The second-order valence-electron chi connectivity index (χ2n) is 5.25. The third-order valence-electron chi connectivity index (χ3n) is 3.72. The zero-order valence-electron chi connectivity index (χ0n) is 12.5. The average molecular weight is 300 g/mol. The van der Waals surface area contributed by atoms with Gasteiger partial charge in [-0.05, 0) is 50.1 Å². The first-order valence-corrected chi connectivity index (χ1v) is 8.10. The summed E-state index contributed by atoms with van der Waals surface area (Å²) in [4.78, 5) is 5.76. The van der Waals surface area contributed by atoms with Crippen LogP contribution < -0.4 is 10.1 Å². The summed E-state index contributed by atoms with van der Waals surface area (Å²) < 4.78 is 5.82. The second-order valence-corrected chi connectivity index (χ2v) is 6.53. The first-order chi connectivity index (χ1) is 10.2. The van der Waals surface area contributed by atoms with Crippen LogP contribution in [0.5, 0.6) is 5.75 Å². The van der Waals surface area contributed by atoms with E-state index in [1.54, 1.807) is 11.3 Å². The van der Waals surface area contributed by atoms with E-state index in [-0.39, 0.29) is 0 Å². The van der Waals surface area contributed by atoms with Crippen LogP contribution in [0.1, 0.15) is 27.6 Å². The van der Waals surface area contributed by atoms with Gasteiger partial charge in [-0.15, -0.1) is 11.3 Å². The Hall–Kier alpha value is -1.65. The minimum Gasteiger partial charge on any atom is -0.486 e. The Labute approximate surface area is 129 Å². The molecule has 0 radical (unpaired) electrons. The number of aromatic nitrogens is 1. The maximum atomic E-state index is 5.82. The van der Waals surface area contributed by atoms with Crippen LogP contribution in [0, 0.1) is 13.8 Å². The monoisotopic (exact) mass is 300 g/mol. The van der Waals surface area contributed by atoms with Gasteiger partial charge in [-0.25, -0.2) is 4.98 Å². The number of hydrogen-bond acceptors (Lipinski definition) is 4. The van der Waals surface area contributed by atoms with Gasteiger partial charge in [-0.2, -0.15) is 0 Å². The summed E-state index contributed by atoms with van der Waals surface area (Å²) in [7, 11) is 0. The van der Waals surface area contributed by atoms with Crippen LogP contribution in [0.2, 0.25) is 0 Å². The summed E-state index contributed by atoms with van der Waals surface area (Å²) in [6.07, 6.45) is 3.36. The first-order valence-electron chi connectivity index (χ1n) is 7.28. The minimum atomic E-state index is 0.547. The molecule has 0 aliphatic carbocycles. The molecule has 3 nitrogen and oxygen atoms in total. The van der Waals surface area contributed by atoms with E-state index in [4.69, 9.17) is 4.74 Å². The summed E-state index contributed by atoms with van der Waals surface area (Å²) in [6, 6.07) is 8.38. The van der Waals surface area contributed by atoms with Gasteiger partial charge in [0.1, 0.15) is 17.4 Å². The van der Waals surface area contributed by atoms with Gasteiger partial charge in [-0.1, -0.05) is 18.2 Å². The Morgan fingerprint density at radius 1 is 1.24 bits per heavy atom. The lowest BCUT2D eigenvalue weighted by molar-refractivity contribution is 0.305. The van der Waals surface area contributed by atoms with Gasteiger partial charge >= 0.3 is 0 Å². The van der Waals surface area contributed by atoms with E-state index >= 15 is 0 Å². The largest absolute Gasteiger partial charge is 0.486 e. The van der Waals surface area contributed by atoms with Crippen molar-refractivity contribution in [3.63, 3.8) is 0 Å². The highest BCUT2D eigenvalue weighted by Crippen LogP contribution is 2.23. The van der Waals surface area contributed by atoms with Crippen LogP contribution in [0.3, 0.4) is 0 Å². The highest BCUT2D eigenvalue weighted by atomic mass is 32.1. The van der Waals surface area contributed by atoms with Gasteiger partial charge in [0.15, 0.2) is 0 Å². The molecule has 0 fully saturated rings. The third kappa shape index (κ3) is 3.52. The quantitative estimate of drug-likeness (QED) is 0.934. The lowest BCUT2D eigenvalue weighted by atomic mass is 10.0. The summed E-state index contributed by atoms with van der Waals surface area (Å²) in [5.74, 6) is 0.902. The second kappa shape index (κ2) is 6.41. The molecule has 1 aliphatic rings. The van der Waals surface area contributed by atoms with Gasteiger partial charge in [-0.3, -0.25) is 0 Å². The minimum absolute atomic E-state index is 0.547. The number of thiazole rings is 1. The number of aryl methyl sites for hydroxylation is 2. The molecule has 1 N–H and O–H groups in total. The Morgan fingerprint density at radius 3 is 2.67 bits per heavy atom. The van der Waals surface area contributed by atoms with E-state index in [0.29, 0.717) is 6.61 Å². The van der Waals surface area contributed by atoms with Gasteiger partial charge in [0.25, 0.3) is 0 Å². The highest BCUT2D eigenvalue weighted by molar-refractivity contribution is 7.11. The van der Waals surface area contributed by atoms with E-state index in [1.165, 1.54) is 16.0 Å². The van der Waals surface area contributed by atoms with Crippen LogP contribution in [-0.2, 0) is 6.61 Å². The Balaban J connectivity index is 1.63. The molecule has 110 valence electrons. The fourth-order valence-corrected chi connectivity index (χ4v) is 3.24. The van der Waals surface area contributed by atoms with Crippen LogP contribution >= 0.6 is 11.3 Å². The fourth-order valence-electron chi connectivity index (χ4n) is 2.40. The van der Waals surface area contributed by atoms with Crippen molar-refractivity contribution in [1.82, 2.24) is 10.3 Å². The van der Waals surface area contributed by atoms with E-state index in [9.17, 15) is 0 Å². The number of hydrogen-bond donors (Lipinski definition) is 1. The topological polar surface area (TPSA) is 34.1 Å². The number of nitrogens with one attached hydrogen (secondary N) is 1. The SMILES string of the molecule is Cc1nc(COc2ccc(C3=CCNCC3)cc2)sc1C. The smallest absolute Gasteiger partial charge is 0.140 e. The lowest BCUT2D eigenvalue weighted by Gasteiger charge is -2.14. The summed E-state index contributed by atoms with van der Waals surface area (Å²) in [6.45, 7) is 6.71. The first kappa shape index (κ1) is 14.3. The van der Waals surface area contributed by atoms with Crippen molar-refractivity contribution >= 4 is 16.9 Å². The molecule has 0 saturated heterocycles. The predicted molar refractivity (Wildman–Crippen MR) is 87.8 cm³/mol. The fraction of sp³-hybridized carbons (Fsp3) is 0.353. The summed E-state index contributed by atoms with van der Waals surface area (Å²) in [5, 5.41) is 4.37. The molecule has 0 spiro atoms. The van der Waals surface area contributed by atoms with Gasteiger partial charge < -0.3 is 10.1 Å². The molecule has 0 unspecified atom stereocenters. The molecule has 1 aliphatic heterocycles. The van der Waals surface area contributed by atoms with Crippen molar-refractivity contribution in [2.24, 2.45) is 0 Å². The molecule has 21 heavy (non-hydrogen) atoms. The average Bonchev–Trinajstić information content (AvgIpc) is 2.85. The summed E-state index contributed by atoms with van der Waals surface area (Å²) >= 11 is 1.71. The standard InChI is InChI=1S/C17H20N2OS/c1-12-13(2)21-17(19-12)11-20-16-5-3-14(4-6-16)15-7-9-18-10-8-15/h3-7,18H,8-11H2,1-2H3. The number of rotatable bonds is 4. The van der Waals surface area contributed by atoms with Crippen molar-refractivity contribution in [3.05, 3.63) is 51.5 Å². The van der Waals surface area contributed by atoms with Crippen molar-refractivity contribution < 1.29 is 4.74 Å². The van der Waals surface area contributed by atoms with Gasteiger partial charge in [0.05, 0.1) is 5.69 Å². The molecule has 1 aromatic heterocycles. The van der Waals surface area contributed by atoms with Crippen LogP contribution in [0.25, 0.3) is 5.57 Å². The van der Waals surface area contributed by atoms with Crippen LogP contribution in [-0.4, -0.2) is 18.1 Å². The molecule has 0 atom stereocenters. The molecule has 0 amide bonds. The molecular weight excluding hydrogens is 280 g/mol. The molecule has 4 heteroatoms. The third-order valence-corrected chi connectivity index (χ3v) is 4.77. The molecule has 1 aromatic carbocycles. The van der Waals surface area contributed by atoms with Gasteiger partial charge in [0.2, 0.25) is 0 Å². The Kier molecular flexibility index (Phi) is 4.36. The van der Waals surface area contributed by atoms with Crippen LogP contribution in [0.15, 0.2) is 30.3 Å². The van der Waals surface area contributed by atoms with Crippen molar-refractivity contribution in [1.29, 1.82) is 0 Å². The van der Waals surface area contributed by atoms with E-state index in [1.807, 2.05) is 19.1 Å². The van der Waals surface area contributed by atoms with Crippen molar-refractivity contribution in [2.45, 2.75) is 26.9 Å². The van der Waals surface area contributed by atoms with E-state index in [2.05, 4.69) is 35.4 Å². The van der Waals surface area contributed by atoms with E-state index < -0.39 is 0 Å². The molecule has 0 saturated carbocycles. The molecule has 2 aromatic rings. The zero-order chi connectivity index (χ0) is 14.7. The molecule has 2 heterocycles. The Bertz CT molecular complexity index is 624. The predicted octanol–water partition coefficient (Wildman–Crippen LogP) is 3.72.